The van der Waals surface area contributed by atoms with Gasteiger partial charge in [-0.2, -0.15) is 5.06 Å². The van der Waals surface area contributed by atoms with Gasteiger partial charge in [0.1, 0.15) is 23.2 Å². The summed E-state index contributed by atoms with van der Waals surface area (Å²) in [7, 11) is 1.45. The third kappa shape index (κ3) is 1.59. The molecule has 1 aromatic rings. The summed E-state index contributed by atoms with van der Waals surface area (Å²) >= 11 is 0. The van der Waals surface area contributed by atoms with E-state index in [1.54, 1.807) is 0 Å². The number of aliphatic hydroxyl groups excluding tert-OH is 1. The molecule has 26 heavy (non-hydrogen) atoms. The van der Waals surface area contributed by atoms with Crippen molar-refractivity contribution in [2.24, 2.45) is 10.9 Å². The number of aliphatic imine (C=N–C) groups is 1. The molecule has 138 valence electrons. The number of amides is 1. The number of benzene rings is 1. The van der Waals surface area contributed by atoms with Crippen molar-refractivity contribution in [2.45, 2.75) is 49.0 Å². The number of hydroxylamine groups is 1. The largest absolute Gasteiger partial charge is 0.387 e. The third-order valence-corrected chi connectivity index (χ3v) is 6.71. The highest BCUT2D eigenvalue weighted by Crippen LogP contribution is 2.57. The Kier molecular flexibility index (Phi) is 3.23. The molecule has 0 aromatic heterocycles. The van der Waals surface area contributed by atoms with Gasteiger partial charge in [0.25, 0.3) is 5.91 Å². The normalized spacial score (nSPS) is 43.0. The molecule has 1 saturated carbocycles. The van der Waals surface area contributed by atoms with Crippen LogP contribution < -0.4 is 5.06 Å². The second-order valence-electron chi connectivity index (χ2n) is 7.60. The molecule has 5 aliphatic rings. The molecule has 1 spiro atoms. The van der Waals surface area contributed by atoms with E-state index in [1.807, 2.05) is 31.2 Å². The zero-order valence-electron chi connectivity index (χ0n) is 14.8. The first-order valence-electron chi connectivity index (χ1n) is 9.07. The van der Waals surface area contributed by atoms with Gasteiger partial charge in [0.2, 0.25) is 0 Å². The van der Waals surface area contributed by atoms with Crippen molar-refractivity contribution in [3.63, 3.8) is 0 Å². The van der Waals surface area contributed by atoms with Crippen molar-refractivity contribution in [1.82, 2.24) is 0 Å². The van der Waals surface area contributed by atoms with Crippen LogP contribution in [-0.2, 0) is 19.8 Å². The smallest absolute Gasteiger partial charge is 0.264 e. The Morgan fingerprint density at radius 2 is 2.19 bits per heavy atom. The molecule has 2 N–H and O–H groups in total. The summed E-state index contributed by atoms with van der Waals surface area (Å²) in [5.74, 6) is -0.602. The molecule has 0 radical (unpaired) electrons. The van der Waals surface area contributed by atoms with E-state index in [0.29, 0.717) is 24.2 Å². The van der Waals surface area contributed by atoms with Crippen LogP contribution in [0.15, 0.2) is 29.3 Å². The van der Waals surface area contributed by atoms with E-state index in [0.717, 1.165) is 5.56 Å². The Morgan fingerprint density at radius 1 is 1.42 bits per heavy atom. The summed E-state index contributed by atoms with van der Waals surface area (Å²) in [6.45, 7) is 2.20. The van der Waals surface area contributed by atoms with Gasteiger partial charge in [0.05, 0.1) is 25.4 Å². The van der Waals surface area contributed by atoms with Gasteiger partial charge < -0.3 is 14.9 Å². The van der Waals surface area contributed by atoms with E-state index in [9.17, 15) is 15.0 Å². The minimum atomic E-state index is -1.43. The van der Waals surface area contributed by atoms with E-state index in [4.69, 9.17) is 14.6 Å². The van der Waals surface area contributed by atoms with Crippen LogP contribution in [0.5, 0.6) is 0 Å². The van der Waals surface area contributed by atoms with Crippen LogP contribution in [0, 0.1) is 5.92 Å². The number of hydrogen-bond acceptors (Lipinski definition) is 6. The average molecular weight is 358 g/mol. The highest BCUT2D eigenvalue weighted by atomic mass is 16.7. The minimum absolute atomic E-state index is 0.268. The average Bonchev–Trinajstić information content (AvgIpc) is 2.95. The lowest BCUT2D eigenvalue weighted by molar-refractivity contribution is -0.194. The van der Waals surface area contributed by atoms with Gasteiger partial charge >= 0.3 is 0 Å². The zero-order valence-corrected chi connectivity index (χ0v) is 14.8. The van der Waals surface area contributed by atoms with Gasteiger partial charge in [-0.15, -0.1) is 0 Å². The van der Waals surface area contributed by atoms with Crippen LogP contribution in [0.4, 0.5) is 5.69 Å². The molecule has 1 aliphatic carbocycles. The molecule has 0 unspecified atom stereocenters. The molecular formula is C19H22N2O5. The zero-order chi connectivity index (χ0) is 18.3. The fourth-order valence-corrected chi connectivity index (χ4v) is 5.57. The van der Waals surface area contributed by atoms with Crippen LogP contribution >= 0.6 is 0 Å². The SMILES string of the molecule is CCC1=N[C@H]2C[C@@]3(C(=O)N(OC)c4ccccc43)[C@@H]3OC[C@H]2[C@@]1(O)[C@H]3O. The predicted molar refractivity (Wildman–Crippen MR) is 92.9 cm³/mol. The first-order valence-corrected chi connectivity index (χ1v) is 9.07. The molecule has 1 aromatic carbocycles. The van der Waals surface area contributed by atoms with E-state index in [-0.39, 0.29) is 24.5 Å². The Labute approximate surface area is 151 Å². The van der Waals surface area contributed by atoms with Crippen molar-refractivity contribution in [3.05, 3.63) is 29.8 Å². The van der Waals surface area contributed by atoms with E-state index in [2.05, 4.69) is 0 Å². The number of hydrogen-bond donors (Lipinski definition) is 2. The molecule has 4 heterocycles. The molecule has 1 amide bonds. The van der Waals surface area contributed by atoms with Gasteiger partial charge in [0, 0.05) is 11.6 Å². The van der Waals surface area contributed by atoms with Crippen LogP contribution in [-0.4, -0.2) is 59.4 Å². The number of fused-ring (bicyclic) bond motifs is 2. The number of aliphatic hydroxyl groups is 2. The van der Waals surface area contributed by atoms with Crippen LogP contribution in [0.3, 0.4) is 0 Å². The lowest BCUT2D eigenvalue weighted by Crippen LogP contribution is -2.66. The summed E-state index contributed by atoms with van der Waals surface area (Å²) in [6, 6.07) is 7.14. The number of rotatable bonds is 2. The molecule has 4 bridgehead atoms. The molecular weight excluding hydrogens is 336 g/mol. The lowest BCUT2D eigenvalue weighted by Gasteiger charge is -2.46. The quantitative estimate of drug-likeness (QED) is 0.807. The lowest BCUT2D eigenvalue weighted by atomic mass is 9.69. The summed E-state index contributed by atoms with van der Waals surface area (Å²) in [4.78, 5) is 23.5. The molecule has 7 heteroatoms. The first kappa shape index (κ1) is 16.4. The van der Waals surface area contributed by atoms with Gasteiger partial charge in [-0.1, -0.05) is 25.1 Å². The Bertz CT molecular complexity index is 826. The van der Waals surface area contributed by atoms with Crippen LogP contribution in [0.25, 0.3) is 0 Å². The summed E-state index contributed by atoms with van der Waals surface area (Å²) in [5.41, 5.74) is -0.504. The maximum atomic E-state index is 13.5. The number of carbonyl (C=O) groups is 1. The third-order valence-electron chi connectivity index (χ3n) is 6.71. The Morgan fingerprint density at radius 3 is 2.92 bits per heavy atom. The minimum Gasteiger partial charge on any atom is -0.387 e. The van der Waals surface area contributed by atoms with Crippen LogP contribution in [0.2, 0.25) is 0 Å². The molecule has 3 fully saturated rings. The second-order valence-corrected chi connectivity index (χ2v) is 7.60. The maximum absolute atomic E-state index is 13.5. The second kappa shape index (κ2) is 5.13. The first-order chi connectivity index (χ1) is 12.5. The number of carbonyl (C=O) groups excluding carboxylic acids is 1. The maximum Gasteiger partial charge on any atom is 0.264 e. The molecule has 6 atom stereocenters. The van der Waals surface area contributed by atoms with E-state index < -0.39 is 23.2 Å². The highest BCUT2D eigenvalue weighted by molar-refractivity contribution is 6.08. The van der Waals surface area contributed by atoms with Crippen molar-refractivity contribution < 1.29 is 24.6 Å². The number of ether oxygens (including phenoxy) is 1. The fraction of sp³-hybridized carbons (Fsp3) is 0.579. The molecule has 2 saturated heterocycles. The number of para-hydroxylation sites is 1. The van der Waals surface area contributed by atoms with Gasteiger partial charge in [0.15, 0.2) is 0 Å². The fourth-order valence-electron chi connectivity index (χ4n) is 5.57. The standard InChI is InChI=1S/C19H22N2O5/c1-3-14-19(24)11-9-26-16(15(19)22)18(8-12(11)20-14)10-6-4-5-7-13(10)21(25-2)17(18)23/h4-7,11-12,15-16,22,24H,3,8-9H2,1-2H3/t11-,12+,15+,16-,18+,19+/m1/s1. The molecule has 7 nitrogen and oxygen atoms in total. The summed E-state index contributed by atoms with van der Waals surface area (Å²) < 4.78 is 6.02. The number of anilines is 1. The van der Waals surface area contributed by atoms with E-state index >= 15 is 0 Å². The van der Waals surface area contributed by atoms with Gasteiger partial charge in [-0.3, -0.25) is 14.6 Å². The monoisotopic (exact) mass is 358 g/mol. The number of nitrogens with zero attached hydrogens (tertiary/aromatic N) is 2. The summed E-state index contributed by atoms with van der Waals surface area (Å²) in [5, 5.41) is 23.9. The molecule has 4 aliphatic heterocycles. The van der Waals surface area contributed by atoms with Crippen molar-refractivity contribution in [2.75, 3.05) is 18.8 Å². The van der Waals surface area contributed by atoms with Crippen molar-refractivity contribution in [3.8, 4) is 0 Å². The van der Waals surface area contributed by atoms with Gasteiger partial charge in [-0.25, -0.2) is 0 Å². The van der Waals surface area contributed by atoms with Crippen molar-refractivity contribution in [1.29, 1.82) is 0 Å². The predicted octanol–water partition coefficient (Wildman–Crippen LogP) is 0.576. The van der Waals surface area contributed by atoms with E-state index in [1.165, 1.54) is 12.2 Å². The van der Waals surface area contributed by atoms with Gasteiger partial charge in [-0.05, 0) is 24.5 Å². The Balaban J connectivity index is 1.75. The highest BCUT2D eigenvalue weighted by Gasteiger charge is 2.72. The summed E-state index contributed by atoms with van der Waals surface area (Å²) in [6.07, 6.45) is -1.11. The van der Waals surface area contributed by atoms with Crippen molar-refractivity contribution >= 4 is 17.3 Å². The molecule has 6 rings (SSSR count). The topological polar surface area (TPSA) is 91.6 Å². The Hall–Kier alpha value is -1.80. The van der Waals surface area contributed by atoms with Crippen LogP contribution in [0.1, 0.15) is 25.3 Å².